The Balaban J connectivity index is 1.39. The number of benzene rings is 4. The number of halogens is 9. The summed E-state index contributed by atoms with van der Waals surface area (Å²) in [7, 11) is 0. The zero-order valence-electron chi connectivity index (χ0n) is 24.2. The first-order valence-corrected chi connectivity index (χ1v) is 14.7. The van der Waals surface area contributed by atoms with Crippen LogP contribution >= 0.6 is 0 Å². The molecular weight excluding hydrogens is 603 g/mol. The van der Waals surface area contributed by atoms with Crippen molar-refractivity contribution in [2.24, 2.45) is 5.92 Å². The van der Waals surface area contributed by atoms with Gasteiger partial charge in [-0.2, -0.15) is 13.2 Å². The zero-order chi connectivity index (χ0) is 32.5. The molecule has 236 valence electrons. The van der Waals surface area contributed by atoms with Gasteiger partial charge >= 0.3 is 6.18 Å². The Kier molecular flexibility index (Phi) is 9.46. The predicted octanol–water partition coefficient (Wildman–Crippen LogP) is 12.2. The van der Waals surface area contributed by atoms with E-state index in [2.05, 4.69) is 6.92 Å². The third kappa shape index (κ3) is 7.29. The van der Waals surface area contributed by atoms with E-state index >= 15 is 17.6 Å². The average Bonchev–Trinajstić information content (AvgIpc) is 2.96. The summed E-state index contributed by atoms with van der Waals surface area (Å²) < 4.78 is 127. The van der Waals surface area contributed by atoms with Gasteiger partial charge in [0.05, 0.1) is 5.56 Å². The number of allylic oxidation sites excluding steroid dienone is 1. The number of alkyl halides is 3. The second kappa shape index (κ2) is 13.2. The fraction of sp³-hybridized carbons (Fsp3) is 0.278. The van der Waals surface area contributed by atoms with Crippen molar-refractivity contribution in [1.29, 1.82) is 0 Å². The molecule has 0 aromatic heterocycles. The maximum atomic E-state index is 15.3. The standard InChI is InChI=1S/C36H29F9/c1-2-3-20-4-6-21(7-5-20)22-8-10-26(29(37)14-22)23-9-11-27(30(38)15-23)24-16-33(41)35(34(42)17-24)25-18-31(39)28(32(40)19-25)12-13-36(43,44)45/h8-21H,2-7H2,1H3/b13-12+. The van der Waals surface area contributed by atoms with Gasteiger partial charge in [-0.1, -0.05) is 44.0 Å². The largest absolute Gasteiger partial charge is 0.409 e. The molecular formula is C36H29F9. The molecule has 4 aromatic rings. The Bertz CT molecular complexity index is 1680. The molecule has 45 heavy (non-hydrogen) atoms. The summed E-state index contributed by atoms with van der Waals surface area (Å²) in [6.07, 6.45) is 1.54. The van der Waals surface area contributed by atoms with Gasteiger partial charge in [0.25, 0.3) is 0 Å². The Hall–Kier alpha value is -4.01. The Labute approximate surface area is 255 Å². The molecule has 0 unspecified atom stereocenters. The van der Waals surface area contributed by atoms with Crippen molar-refractivity contribution in [2.45, 2.75) is 57.5 Å². The van der Waals surface area contributed by atoms with Gasteiger partial charge in [-0.05, 0) is 102 Å². The maximum Gasteiger partial charge on any atom is 0.409 e. The lowest BCUT2D eigenvalue weighted by Gasteiger charge is -2.28. The van der Waals surface area contributed by atoms with Crippen LogP contribution in [0.15, 0.2) is 66.7 Å². The van der Waals surface area contributed by atoms with Gasteiger partial charge in [0, 0.05) is 22.8 Å². The first kappa shape index (κ1) is 32.4. The van der Waals surface area contributed by atoms with E-state index in [0.29, 0.717) is 18.1 Å². The first-order chi connectivity index (χ1) is 21.3. The highest BCUT2D eigenvalue weighted by Crippen LogP contribution is 2.40. The van der Waals surface area contributed by atoms with Crippen LogP contribution in [0.25, 0.3) is 39.5 Å². The van der Waals surface area contributed by atoms with Crippen molar-refractivity contribution >= 4 is 6.08 Å². The van der Waals surface area contributed by atoms with E-state index in [1.807, 2.05) is 6.07 Å². The Morgan fingerprint density at radius 3 is 1.71 bits per heavy atom. The van der Waals surface area contributed by atoms with Gasteiger partial charge in [0.1, 0.15) is 34.9 Å². The minimum atomic E-state index is -4.83. The predicted molar refractivity (Wildman–Crippen MR) is 157 cm³/mol. The molecule has 9 heteroatoms. The first-order valence-electron chi connectivity index (χ1n) is 14.7. The summed E-state index contributed by atoms with van der Waals surface area (Å²) >= 11 is 0. The van der Waals surface area contributed by atoms with Crippen molar-refractivity contribution in [2.75, 3.05) is 0 Å². The quantitative estimate of drug-likeness (QED) is 0.178. The van der Waals surface area contributed by atoms with Crippen LogP contribution in [0, 0.1) is 40.8 Å². The molecule has 1 fully saturated rings. The molecule has 0 nitrogen and oxygen atoms in total. The van der Waals surface area contributed by atoms with E-state index in [-0.39, 0.29) is 40.3 Å². The summed E-state index contributed by atoms with van der Waals surface area (Å²) in [5.41, 5.74) is -1.59. The number of rotatable bonds is 7. The lowest BCUT2D eigenvalue weighted by atomic mass is 9.77. The zero-order valence-corrected chi connectivity index (χ0v) is 24.2. The molecule has 5 rings (SSSR count). The number of hydrogen-bond donors (Lipinski definition) is 0. The van der Waals surface area contributed by atoms with E-state index in [0.717, 1.165) is 55.9 Å². The SMILES string of the molecule is CCCC1CCC(c2ccc(-c3ccc(-c4cc(F)c(-c5cc(F)c(/C=C/C(F)(F)F)c(F)c5)c(F)c4)c(F)c3)c(F)c2)CC1. The van der Waals surface area contributed by atoms with Gasteiger partial charge in [0.2, 0.25) is 0 Å². The van der Waals surface area contributed by atoms with Gasteiger partial charge < -0.3 is 0 Å². The fourth-order valence-electron chi connectivity index (χ4n) is 6.20. The third-order valence-electron chi connectivity index (χ3n) is 8.45. The van der Waals surface area contributed by atoms with Crippen molar-refractivity contribution in [3.8, 4) is 33.4 Å². The number of hydrogen-bond acceptors (Lipinski definition) is 0. The molecule has 0 aliphatic heterocycles. The summed E-state index contributed by atoms with van der Waals surface area (Å²) in [4.78, 5) is 0. The second-order valence-electron chi connectivity index (χ2n) is 11.5. The molecule has 4 aromatic carbocycles. The monoisotopic (exact) mass is 632 g/mol. The second-order valence-corrected chi connectivity index (χ2v) is 11.5. The highest BCUT2D eigenvalue weighted by atomic mass is 19.4. The average molecular weight is 633 g/mol. The summed E-state index contributed by atoms with van der Waals surface area (Å²) in [5.74, 6) is -5.89. The van der Waals surface area contributed by atoms with Crippen molar-refractivity contribution in [1.82, 2.24) is 0 Å². The molecule has 0 spiro atoms. The van der Waals surface area contributed by atoms with Crippen LogP contribution in [0.5, 0.6) is 0 Å². The molecule has 0 atom stereocenters. The smallest absolute Gasteiger partial charge is 0.206 e. The van der Waals surface area contributed by atoms with Gasteiger partial charge in [0.15, 0.2) is 0 Å². The molecule has 0 amide bonds. The van der Waals surface area contributed by atoms with E-state index in [9.17, 15) is 22.0 Å². The van der Waals surface area contributed by atoms with Crippen LogP contribution in [-0.2, 0) is 0 Å². The van der Waals surface area contributed by atoms with Gasteiger partial charge in [-0.15, -0.1) is 0 Å². The Morgan fingerprint density at radius 1 is 0.622 bits per heavy atom. The lowest BCUT2D eigenvalue weighted by Crippen LogP contribution is -2.13. The van der Waals surface area contributed by atoms with Crippen molar-refractivity contribution in [3.63, 3.8) is 0 Å². The fourth-order valence-corrected chi connectivity index (χ4v) is 6.20. The molecule has 0 heterocycles. The van der Waals surface area contributed by atoms with E-state index in [4.69, 9.17) is 0 Å². The van der Waals surface area contributed by atoms with E-state index in [1.165, 1.54) is 24.6 Å². The summed E-state index contributed by atoms with van der Waals surface area (Å²) in [6.45, 7) is 2.17. The Morgan fingerprint density at radius 2 is 1.16 bits per heavy atom. The highest BCUT2D eigenvalue weighted by Gasteiger charge is 2.25. The molecule has 0 bridgehead atoms. The van der Waals surface area contributed by atoms with Crippen molar-refractivity contribution in [3.05, 3.63) is 113 Å². The van der Waals surface area contributed by atoms with Crippen molar-refractivity contribution < 1.29 is 39.5 Å². The lowest BCUT2D eigenvalue weighted by molar-refractivity contribution is -0.0790. The van der Waals surface area contributed by atoms with Crippen LogP contribution in [-0.4, -0.2) is 6.18 Å². The molecule has 0 radical (unpaired) electrons. The van der Waals surface area contributed by atoms with Crippen LogP contribution in [0.2, 0.25) is 0 Å². The molecule has 1 saturated carbocycles. The maximum absolute atomic E-state index is 15.3. The third-order valence-corrected chi connectivity index (χ3v) is 8.45. The van der Waals surface area contributed by atoms with Gasteiger partial charge in [-0.25, -0.2) is 26.3 Å². The molecule has 0 N–H and O–H groups in total. The van der Waals surface area contributed by atoms with Crippen LogP contribution in [0.4, 0.5) is 39.5 Å². The normalized spacial score (nSPS) is 17.3. The van der Waals surface area contributed by atoms with E-state index < -0.39 is 57.8 Å². The molecule has 1 aliphatic rings. The summed E-state index contributed by atoms with van der Waals surface area (Å²) in [6, 6.07) is 11.2. The van der Waals surface area contributed by atoms with Crippen LogP contribution in [0.1, 0.15) is 62.5 Å². The minimum absolute atomic E-state index is 0.175. The van der Waals surface area contributed by atoms with E-state index in [1.54, 1.807) is 6.07 Å². The topological polar surface area (TPSA) is 0 Å². The highest BCUT2D eigenvalue weighted by molar-refractivity contribution is 5.75. The van der Waals surface area contributed by atoms with Crippen LogP contribution < -0.4 is 0 Å². The minimum Gasteiger partial charge on any atom is -0.206 e. The van der Waals surface area contributed by atoms with Gasteiger partial charge in [-0.3, -0.25) is 0 Å². The molecule has 0 saturated heterocycles. The van der Waals surface area contributed by atoms with Crippen LogP contribution in [0.3, 0.4) is 0 Å². The summed E-state index contributed by atoms with van der Waals surface area (Å²) in [5, 5.41) is 0. The molecule has 1 aliphatic carbocycles.